The van der Waals surface area contributed by atoms with E-state index in [4.69, 9.17) is 4.74 Å². The molecule has 2 nitrogen and oxygen atoms in total. The monoisotopic (exact) mass is 248 g/mol. The van der Waals surface area contributed by atoms with E-state index >= 15 is 0 Å². The normalized spacial score (nSPS) is 38.9. The summed E-state index contributed by atoms with van der Waals surface area (Å²) in [5.41, 5.74) is 2.82. The van der Waals surface area contributed by atoms with Crippen molar-refractivity contribution in [3.8, 4) is 0 Å². The minimum Gasteiger partial charge on any atom is -0.494 e. The Kier molecular flexibility index (Phi) is 3.01. The van der Waals surface area contributed by atoms with Crippen molar-refractivity contribution in [3.63, 3.8) is 0 Å². The molecule has 1 aliphatic heterocycles. The van der Waals surface area contributed by atoms with Gasteiger partial charge in [-0.05, 0) is 43.3 Å². The van der Waals surface area contributed by atoms with Gasteiger partial charge in [0.25, 0.3) is 0 Å². The van der Waals surface area contributed by atoms with Crippen LogP contribution in [0, 0.1) is 5.41 Å². The number of hydrogen-bond acceptors (Lipinski definition) is 2. The Morgan fingerprint density at radius 3 is 3.06 bits per heavy atom. The number of ether oxygens (including phenoxy) is 1. The third-order valence-electron chi connectivity index (χ3n) is 5.06. The molecule has 0 radical (unpaired) electrons. The highest BCUT2D eigenvalue weighted by atomic mass is 16.5. The van der Waals surface area contributed by atoms with Crippen LogP contribution in [-0.4, -0.2) is 17.3 Å². The molecule has 0 aromatic heterocycles. The van der Waals surface area contributed by atoms with Gasteiger partial charge in [-0.1, -0.05) is 26.3 Å². The van der Waals surface area contributed by atoms with E-state index in [0.717, 1.165) is 32.1 Å². The van der Waals surface area contributed by atoms with Crippen LogP contribution < -0.4 is 0 Å². The molecule has 0 saturated carbocycles. The zero-order valence-electron chi connectivity index (χ0n) is 11.5. The third kappa shape index (κ3) is 1.73. The minimum absolute atomic E-state index is 0.000212. The van der Waals surface area contributed by atoms with Gasteiger partial charge < -0.3 is 9.84 Å². The topological polar surface area (TPSA) is 29.5 Å². The highest BCUT2D eigenvalue weighted by Gasteiger charge is 2.46. The van der Waals surface area contributed by atoms with Crippen molar-refractivity contribution in [2.75, 3.05) is 0 Å². The van der Waals surface area contributed by atoms with Crippen molar-refractivity contribution >= 4 is 0 Å². The van der Waals surface area contributed by atoms with Gasteiger partial charge in [-0.25, -0.2) is 0 Å². The lowest BCUT2D eigenvalue weighted by Crippen LogP contribution is -2.35. The second-order valence-electron chi connectivity index (χ2n) is 6.26. The maximum absolute atomic E-state index is 10.2. The van der Waals surface area contributed by atoms with Gasteiger partial charge in [0.2, 0.25) is 0 Å². The molecule has 3 aliphatic rings. The molecule has 2 unspecified atom stereocenters. The Bertz CT molecular complexity index is 407. The first-order valence-electron chi connectivity index (χ1n) is 7.43. The van der Waals surface area contributed by atoms with Crippen LogP contribution in [-0.2, 0) is 4.74 Å². The van der Waals surface area contributed by atoms with E-state index in [1.165, 1.54) is 29.7 Å². The lowest BCUT2D eigenvalue weighted by Gasteiger charge is -2.41. The molecule has 0 bridgehead atoms. The van der Waals surface area contributed by atoms with Crippen LogP contribution in [0.25, 0.3) is 0 Å². The average molecular weight is 248 g/mol. The van der Waals surface area contributed by atoms with Crippen LogP contribution in [0.3, 0.4) is 0 Å². The number of aliphatic hydroxyl groups is 1. The largest absolute Gasteiger partial charge is 0.494 e. The molecule has 18 heavy (non-hydrogen) atoms. The Labute approximate surface area is 110 Å². The first-order valence-corrected chi connectivity index (χ1v) is 7.43. The second-order valence-corrected chi connectivity index (χ2v) is 6.26. The van der Waals surface area contributed by atoms with Gasteiger partial charge in [-0.15, -0.1) is 0 Å². The molecule has 0 aromatic rings. The van der Waals surface area contributed by atoms with Crippen LogP contribution in [0.1, 0.15) is 58.8 Å². The molecule has 0 spiro atoms. The van der Waals surface area contributed by atoms with Crippen molar-refractivity contribution in [2.45, 2.75) is 71.0 Å². The Morgan fingerprint density at radius 2 is 2.28 bits per heavy atom. The molecule has 0 fully saturated rings. The fraction of sp³-hybridized carbons (Fsp3) is 0.750. The van der Waals surface area contributed by atoms with Gasteiger partial charge in [-0.3, -0.25) is 0 Å². The van der Waals surface area contributed by atoms with Crippen LogP contribution in [0.4, 0.5) is 0 Å². The van der Waals surface area contributed by atoms with E-state index in [0.29, 0.717) is 6.10 Å². The van der Waals surface area contributed by atoms with Crippen LogP contribution in [0.2, 0.25) is 0 Å². The molecule has 1 N–H and O–H groups in total. The number of fused-ring (bicyclic) bond motifs is 2. The molecule has 3 atom stereocenters. The summed E-state index contributed by atoms with van der Waals surface area (Å²) in [6, 6.07) is 0. The van der Waals surface area contributed by atoms with Gasteiger partial charge in [0, 0.05) is 11.8 Å². The molecular weight excluding hydrogens is 224 g/mol. The molecule has 3 rings (SSSR count). The van der Waals surface area contributed by atoms with E-state index in [1.807, 2.05) is 0 Å². The number of rotatable bonds is 2. The van der Waals surface area contributed by atoms with E-state index in [1.54, 1.807) is 0 Å². The molecule has 1 heterocycles. The van der Waals surface area contributed by atoms with Crippen LogP contribution in [0.15, 0.2) is 23.0 Å². The Hall–Kier alpha value is -0.760. The number of aliphatic hydroxyl groups excluding tert-OH is 1. The van der Waals surface area contributed by atoms with Crippen molar-refractivity contribution in [3.05, 3.63) is 23.0 Å². The summed E-state index contributed by atoms with van der Waals surface area (Å²) in [4.78, 5) is 0. The van der Waals surface area contributed by atoms with Gasteiger partial charge in [0.1, 0.15) is 0 Å². The minimum atomic E-state index is -0.185. The van der Waals surface area contributed by atoms with E-state index in [2.05, 4.69) is 19.9 Å². The number of hydrogen-bond donors (Lipinski definition) is 1. The highest BCUT2D eigenvalue weighted by Crippen LogP contribution is 2.53. The van der Waals surface area contributed by atoms with Crippen LogP contribution in [0.5, 0.6) is 0 Å². The zero-order chi connectivity index (χ0) is 12.8. The molecule has 2 heteroatoms. The summed E-state index contributed by atoms with van der Waals surface area (Å²) >= 11 is 0. The molecule has 2 aliphatic carbocycles. The summed E-state index contributed by atoms with van der Waals surface area (Å²) in [6.07, 6.45) is 10.0. The third-order valence-corrected chi connectivity index (χ3v) is 5.06. The molecule has 0 amide bonds. The summed E-state index contributed by atoms with van der Waals surface area (Å²) in [5, 5.41) is 10.2. The summed E-state index contributed by atoms with van der Waals surface area (Å²) in [7, 11) is 0. The molecule has 100 valence electrons. The molecular formula is C16H24O2. The van der Waals surface area contributed by atoms with Crippen molar-refractivity contribution in [1.29, 1.82) is 0 Å². The van der Waals surface area contributed by atoms with Gasteiger partial charge in [0.15, 0.2) is 0 Å². The van der Waals surface area contributed by atoms with Gasteiger partial charge >= 0.3 is 0 Å². The molecule has 0 aromatic carbocycles. The van der Waals surface area contributed by atoms with Gasteiger partial charge in [-0.2, -0.15) is 0 Å². The maximum atomic E-state index is 10.2. The fourth-order valence-electron chi connectivity index (χ4n) is 3.84. The second kappa shape index (κ2) is 4.41. The SMILES string of the molecule is CCCC1CCC2=C(CCC3(C)C2=CC[C@@H]3O)O1. The van der Waals surface area contributed by atoms with E-state index < -0.39 is 0 Å². The molecule has 0 saturated heterocycles. The average Bonchev–Trinajstić information content (AvgIpc) is 2.67. The summed E-state index contributed by atoms with van der Waals surface area (Å²) in [5.74, 6) is 1.23. The number of allylic oxidation sites excluding steroid dienone is 2. The van der Waals surface area contributed by atoms with Crippen molar-refractivity contribution in [2.24, 2.45) is 5.41 Å². The highest BCUT2D eigenvalue weighted by molar-refractivity contribution is 5.45. The standard InChI is InChI=1S/C16H24O2/c1-3-4-11-5-6-12-13-7-8-15(17)16(13,2)10-9-14(12)18-11/h7,11,15,17H,3-6,8-10H2,1-2H3/t11?,15-,16?/m0/s1. The predicted octanol–water partition coefficient (Wildman–Crippen LogP) is 3.71. The predicted molar refractivity (Wildman–Crippen MR) is 72.1 cm³/mol. The van der Waals surface area contributed by atoms with Crippen molar-refractivity contribution < 1.29 is 9.84 Å². The maximum Gasteiger partial charge on any atom is 0.0999 e. The first kappa shape index (κ1) is 12.3. The lowest BCUT2D eigenvalue weighted by atomic mass is 9.69. The Balaban J connectivity index is 1.86. The zero-order valence-corrected chi connectivity index (χ0v) is 11.5. The summed E-state index contributed by atoms with van der Waals surface area (Å²) in [6.45, 7) is 4.44. The van der Waals surface area contributed by atoms with Crippen molar-refractivity contribution in [1.82, 2.24) is 0 Å². The quantitative estimate of drug-likeness (QED) is 0.807. The van der Waals surface area contributed by atoms with E-state index in [9.17, 15) is 5.11 Å². The first-order chi connectivity index (χ1) is 8.65. The van der Waals surface area contributed by atoms with E-state index in [-0.39, 0.29) is 11.5 Å². The smallest absolute Gasteiger partial charge is 0.0999 e. The fourth-order valence-corrected chi connectivity index (χ4v) is 3.84. The lowest BCUT2D eigenvalue weighted by molar-refractivity contribution is 0.0391. The Morgan fingerprint density at radius 1 is 1.44 bits per heavy atom. The van der Waals surface area contributed by atoms with Gasteiger partial charge in [0.05, 0.1) is 18.0 Å². The van der Waals surface area contributed by atoms with Crippen LogP contribution >= 0.6 is 0 Å². The summed E-state index contributed by atoms with van der Waals surface area (Å²) < 4.78 is 6.18.